The molecule has 0 amide bonds. The lowest BCUT2D eigenvalue weighted by atomic mass is 10.0. The Labute approximate surface area is 128 Å². The van der Waals surface area contributed by atoms with Crippen LogP contribution in [0, 0.1) is 13.8 Å². The highest BCUT2D eigenvalue weighted by Gasteiger charge is 2.03. The first-order valence-corrected chi connectivity index (χ1v) is 7.75. The van der Waals surface area contributed by atoms with Crippen molar-refractivity contribution < 1.29 is 0 Å². The molecule has 0 saturated carbocycles. The zero-order chi connectivity index (χ0) is 15.2. The molecule has 0 heterocycles. The molecule has 0 fully saturated rings. The van der Waals surface area contributed by atoms with E-state index in [1.165, 1.54) is 27.9 Å². The van der Waals surface area contributed by atoms with Crippen LogP contribution in [0.5, 0.6) is 0 Å². The number of nitrogens with zero attached hydrogens (tertiary/aromatic N) is 1. The van der Waals surface area contributed by atoms with Gasteiger partial charge in [0, 0.05) is 18.8 Å². The molecule has 0 aliphatic heterocycles. The van der Waals surface area contributed by atoms with Crippen LogP contribution in [0.3, 0.4) is 0 Å². The van der Waals surface area contributed by atoms with E-state index in [2.05, 4.69) is 87.2 Å². The topological polar surface area (TPSA) is 3.24 Å². The summed E-state index contributed by atoms with van der Waals surface area (Å²) in [6, 6.07) is 15.2. The number of hydrogen-bond acceptors (Lipinski definition) is 1. The van der Waals surface area contributed by atoms with Crippen LogP contribution in [-0.4, -0.2) is 13.1 Å². The zero-order valence-electron chi connectivity index (χ0n) is 13.6. The van der Waals surface area contributed by atoms with Gasteiger partial charge in [-0.05, 0) is 62.1 Å². The molecule has 2 aromatic rings. The van der Waals surface area contributed by atoms with Crippen molar-refractivity contribution >= 4 is 17.8 Å². The standard InChI is InChI=1S/C20H25N/c1-5-21(6-2)20-14-13-19(17(4)15-20)12-11-18-10-8-7-9-16(18)3/h7-15H,5-6H2,1-4H3. The van der Waals surface area contributed by atoms with E-state index in [0.717, 1.165) is 13.1 Å². The van der Waals surface area contributed by atoms with Crippen LogP contribution >= 0.6 is 0 Å². The highest BCUT2D eigenvalue weighted by Crippen LogP contribution is 2.21. The van der Waals surface area contributed by atoms with Crippen molar-refractivity contribution in [2.75, 3.05) is 18.0 Å². The smallest absolute Gasteiger partial charge is 0.0369 e. The fourth-order valence-corrected chi connectivity index (χ4v) is 2.59. The summed E-state index contributed by atoms with van der Waals surface area (Å²) in [6.07, 6.45) is 4.42. The number of benzene rings is 2. The molecule has 0 saturated heterocycles. The minimum absolute atomic E-state index is 1.05. The Balaban J connectivity index is 2.24. The van der Waals surface area contributed by atoms with Crippen LogP contribution in [0.25, 0.3) is 12.2 Å². The van der Waals surface area contributed by atoms with Gasteiger partial charge in [-0.25, -0.2) is 0 Å². The van der Waals surface area contributed by atoms with Crippen molar-refractivity contribution in [3.8, 4) is 0 Å². The lowest BCUT2D eigenvalue weighted by molar-refractivity contribution is 0.865. The summed E-state index contributed by atoms with van der Waals surface area (Å²) >= 11 is 0. The monoisotopic (exact) mass is 279 g/mol. The fourth-order valence-electron chi connectivity index (χ4n) is 2.59. The van der Waals surface area contributed by atoms with Crippen LogP contribution < -0.4 is 4.90 Å². The molecule has 2 rings (SSSR count). The Bertz CT molecular complexity index is 621. The molecule has 0 aliphatic carbocycles. The summed E-state index contributed by atoms with van der Waals surface area (Å²) in [7, 11) is 0. The minimum Gasteiger partial charge on any atom is -0.372 e. The normalized spacial score (nSPS) is 11.0. The van der Waals surface area contributed by atoms with Crippen molar-refractivity contribution in [2.45, 2.75) is 27.7 Å². The number of hydrogen-bond donors (Lipinski definition) is 0. The Morgan fingerprint density at radius 1 is 0.810 bits per heavy atom. The second kappa shape index (κ2) is 7.12. The van der Waals surface area contributed by atoms with Crippen LogP contribution in [0.1, 0.15) is 36.1 Å². The predicted octanol–water partition coefficient (Wildman–Crippen LogP) is 5.32. The molecule has 0 aliphatic rings. The summed E-state index contributed by atoms with van der Waals surface area (Å²) in [4.78, 5) is 2.38. The van der Waals surface area contributed by atoms with E-state index in [0.29, 0.717) is 0 Å². The van der Waals surface area contributed by atoms with E-state index in [9.17, 15) is 0 Å². The van der Waals surface area contributed by atoms with Gasteiger partial charge >= 0.3 is 0 Å². The molecule has 1 nitrogen and oxygen atoms in total. The minimum atomic E-state index is 1.05. The summed E-state index contributed by atoms with van der Waals surface area (Å²) in [5.41, 5.74) is 6.51. The van der Waals surface area contributed by atoms with Gasteiger partial charge in [0.25, 0.3) is 0 Å². The van der Waals surface area contributed by atoms with Gasteiger partial charge in [-0.2, -0.15) is 0 Å². The van der Waals surface area contributed by atoms with Crippen molar-refractivity contribution in [3.63, 3.8) is 0 Å². The summed E-state index contributed by atoms with van der Waals surface area (Å²) in [5.74, 6) is 0. The summed E-state index contributed by atoms with van der Waals surface area (Å²) in [6.45, 7) is 10.8. The highest BCUT2D eigenvalue weighted by molar-refractivity contribution is 5.73. The lowest BCUT2D eigenvalue weighted by Crippen LogP contribution is -2.21. The molecule has 1 heteroatoms. The van der Waals surface area contributed by atoms with Crippen LogP contribution in [0.2, 0.25) is 0 Å². The van der Waals surface area contributed by atoms with E-state index in [4.69, 9.17) is 0 Å². The highest BCUT2D eigenvalue weighted by atomic mass is 15.1. The van der Waals surface area contributed by atoms with E-state index in [-0.39, 0.29) is 0 Å². The summed E-state index contributed by atoms with van der Waals surface area (Å²) < 4.78 is 0. The maximum atomic E-state index is 2.38. The molecule has 0 unspecified atom stereocenters. The maximum absolute atomic E-state index is 2.38. The van der Waals surface area contributed by atoms with Gasteiger partial charge in [-0.1, -0.05) is 42.5 Å². The first-order chi connectivity index (χ1) is 10.2. The first-order valence-electron chi connectivity index (χ1n) is 7.75. The average Bonchev–Trinajstić information content (AvgIpc) is 2.49. The Kier molecular flexibility index (Phi) is 5.21. The third-order valence-corrected chi connectivity index (χ3v) is 4.01. The molecule has 0 spiro atoms. The van der Waals surface area contributed by atoms with Crippen LogP contribution in [-0.2, 0) is 0 Å². The van der Waals surface area contributed by atoms with Gasteiger partial charge in [0.05, 0.1) is 0 Å². The Hall–Kier alpha value is -2.02. The van der Waals surface area contributed by atoms with Gasteiger partial charge < -0.3 is 4.90 Å². The summed E-state index contributed by atoms with van der Waals surface area (Å²) in [5, 5.41) is 0. The van der Waals surface area contributed by atoms with Gasteiger partial charge in [0.15, 0.2) is 0 Å². The predicted molar refractivity (Wildman–Crippen MR) is 94.8 cm³/mol. The molecule has 2 aromatic carbocycles. The van der Waals surface area contributed by atoms with Crippen LogP contribution in [0.4, 0.5) is 5.69 Å². The molecule has 0 aromatic heterocycles. The second-order valence-electron chi connectivity index (χ2n) is 5.40. The second-order valence-corrected chi connectivity index (χ2v) is 5.40. The van der Waals surface area contributed by atoms with E-state index < -0.39 is 0 Å². The molecule has 0 N–H and O–H groups in total. The van der Waals surface area contributed by atoms with E-state index in [1.54, 1.807) is 0 Å². The largest absolute Gasteiger partial charge is 0.372 e. The number of rotatable bonds is 5. The third-order valence-electron chi connectivity index (χ3n) is 4.01. The molecule has 21 heavy (non-hydrogen) atoms. The number of anilines is 1. The van der Waals surface area contributed by atoms with Crippen molar-refractivity contribution in [1.82, 2.24) is 0 Å². The molecule has 110 valence electrons. The molecule has 0 atom stereocenters. The Morgan fingerprint density at radius 3 is 2.00 bits per heavy atom. The lowest BCUT2D eigenvalue weighted by Gasteiger charge is -2.21. The quantitative estimate of drug-likeness (QED) is 0.669. The first kappa shape index (κ1) is 15.4. The third kappa shape index (κ3) is 3.75. The number of aryl methyl sites for hydroxylation is 2. The average molecular weight is 279 g/mol. The van der Waals surface area contributed by atoms with E-state index in [1.807, 2.05) is 0 Å². The van der Waals surface area contributed by atoms with E-state index >= 15 is 0 Å². The van der Waals surface area contributed by atoms with Gasteiger partial charge in [-0.15, -0.1) is 0 Å². The van der Waals surface area contributed by atoms with Gasteiger partial charge in [0.1, 0.15) is 0 Å². The molecule has 0 bridgehead atoms. The van der Waals surface area contributed by atoms with Crippen LogP contribution in [0.15, 0.2) is 42.5 Å². The molecular formula is C20H25N. The Morgan fingerprint density at radius 2 is 1.43 bits per heavy atom. The SMILES string of the molecule is CCN(CC)c1ccc(C=Cc2ccccc2C)c(C)c1. The molecule has 0 radical (unpaired) electrons. The van der Waals surface area contributed by atoms with Crippen molar-refractivity contribution in [1.29, 1.82) is 0 Å². The zero-order valence-corrected chi connectivity index (χ0v) is 13.6. The van der Waals surface area contributed by atoms with Crippen molar-refractivity contribution in [2.24, 2.45) is 0 Å². The van der Waals surface area contributed by atoms with Gasteiger partial charge in [-0.3, -0.25) is 0 Å². The van der Waals surface area contributed by atoms with Crippen molar-refractivity contribution in [3.05, 3.63) is 64.7 Å². The molecular weight excluding hydrogens is 254 g/mol. The van der Waals surface area contributed by atoms with Gasteiger partial charge in [0.2, 0.25) is 0 Å². The maximum Gasteiger partial charge on any atom is 0.0369 e. The fraction of sp³-hybridized carbons (Fsp3) is 0.300.